The number of rotatable bonds is 2. The molecule has 0 fully saturated rings. The Balaban J connectivity index is 1.72. The van der Waals surface area contributed by atoms with E-state index in [2.05, 4.69) is 15.6 Å². The maximum Gasteiger partial charge on any atom is 0.248 e. The molecule has 1 amide bonds. The molecule has 4 nitrogen and oxygen atoms in total. The van der Waals surface area contributed by atoms with Gasteiger partial charge in [-0.15, -0.1) is 0 Å². The van der Waals surface area contributed by atoms with Crippen LogP contribution < -0.4 is 10.6 Å². The first-order chi connectivity index (χ1) is 9.24. The second-order valence-electron chi connectivity index (χ2n) is 4.38. The van der Waals surface area contributed by atoms with Gasteiger partial charge in [-0.2, -0.15) is 0 Å². The van der Waals surface area contributed by atoms with Crippen molar-refractivity contribution >= 4 is 29.0 Å². The standard InChI is InChI=1S/C14H12ClN3O/c15-10-5-3-7-16-13(10)18-14(19)12-8-9-4-1-2-6-11(9)17-12/h1-7,12,17H,8H2,(H,16,18,19). The second kappa shape index (κ2) is 4.90. The molecule has 1 unspecified atom stereocenters. The lowest BCUT2D eigenvalue weighted by Gasteiger charge is -2.12. The molecule has 1 aliphatic rings. The minimum atomic E-state index is -0.282. The fourth-order valence-electron chi connectivity index (χ4n) is 2.14. The summed E-state index contributed by atoms with van der Waals surface area (Å²) in [6.45, 7) is 0. The van der Waals surface area contributed by atoms with Crippen LogP contribution >= 0.6 is 11.6 Å². The zero-order chi connectivity index (χ0) is 13.2. The second-order valence-corrected chi connectivity index (χ2v) is 4.79. The van der Waals surface area contributed by atoms with Crippen LogP contribution in [0.2, 0.25) is 5.02 Å². The molecule has 0 saturated heterocycles. The normalized spacial score (nSPS) is 16.6. The Morgan fingerprint density at radius 3 is 2.95 bits per heavy atom. The third kappa shape index (κ3) is 2.39. The monoisotopic (exact) mass is 273 g/mol. The Bertz CT molecular complexity index is 605. The van der Waals surface area contributed by atoms with Gasteiger partial charge in [-0.1, -0.05) is 29.8 Å². The van der Waals surface area contributed by atoms with Gasteiger partial charge in [0.05, 0.1) is 5.02 Å². The highest BCUT2D eigenvalue weighted by Crippen LogP contribution is 2.26. The molecule has 3 rings (SSSR count). The number of fused-ring (bicyclic) bond motifs is 1. The van der Waals surface area contributed by atoms with Crippen molar-refractivity contribution in [3.05, 3.63) is 53.2 Å². The van der Waals surface area contributed by atoms with Crippen molar-refractivity contribution < 1.29 is 4.79 Å². The lowest BCUT2D eigenvalue weighted by atomic mass is 10.1. The van der Waals surface area contributed by atoms with Crippen LogP contribution in [0.1, 0.15) is 5.56 Å². The number of aromatic nitrogens is 1. The maximum absolute atomic E-state index is 12.2. The molecule has 1 aromatic heterocycles. The third-order valence-electron chi connectivity index (χ3n) is 3.09. The van der Waals surface area contributed by atoms with E-state index in [1.807, 2.05) is 24.3 Å². The van der Waals surface area contributed by atoms with E-state index < -0.39 is 0 Å². The number of nitrogens with one attached hydrogen (secondary N) is 2. The highest BCUT2D eigenvalue weighted by Gasteiger charge is 2.26. The maximum atomic E-state index is 12.2. The molecule has 0 spiro atoms. The summed E-state index contributed by atoms with van der Waals surface area (Å²) in [5, 5.41) is 6.37. The summed E-state index contributed by atoms with van der Waals surface area (Å²) >= 11 is 5.97. The van der Waals surface area contributed by atoms with Crippen LogP contribution in [0.15, 0.2) is 42.6 Å². The highest BCUT2D eigenvalue weighted by molar-refractivity contribution is 6.33. The molecule has 1 aromatic carbocycles. The molecule has 0 bridgehead atoms. The minimum absolute atomic E-state index is 0.128. The van der Waals surface area contributed by atoms with E-state index in [1.165, 1.54) is 0 Å². The summed E-state index contributed by atoms with van der Waals surface area (Å²) in [4.78, 5) is 16.2. The molecule has 1 atom stereocenters. The van der Waals surface area contributed by atoms with E-state index in [0.29, 0.717) is 17.3 Å². The lowest BCUT2D eigenvalue weighted by molar-refractivity contribution is -0.116. The quantitative estimate of drug-likeness (QED) is 0.885. The summed E-state index contributed by atoms with van der Waals surface area (Å²) in [6, 6.07) is 11.0. The van der Waals surface area contributed by atoms with Gasteiger partial charge < -0.3 is 10.6 Å². The van der Waals surface area contributed by atoms with Crippen molar-refractivity contribution in [2.24, 2.45) is 0 Å². The molecule has 2 aromatic rings. The van der Waals surface area contributed by atoms with Gasteiger partial charge in [0.2, 0.25) is 5.91 Å². The topological polar surface area (TPSA) is 54.0 Å². The first-order valence-electron chi connectivity index (χ1n) is 6.00. The van der Waals surface area contributed by atoms with Gasteiger partial charge in [-0.25, -0.2) is 4.98 Å². The molecule has 96 valence electrons. The highest BCUT2D eigenvalue weighted by atomic mass is 35.5. The van der Waals surface area contributed by atoms with Crippen LogP contribution in [0.3, 0.4) is 0 Å². The molecular weight excluding hydrogens is 262 g/mol. The summed E-state index contributed by atoms with van der Waals surface area (Å²) in [5.41, 5.74) is 2.16. The van der Waals surface area contributed by atoms with Crippen molar-refractivity contribution in [2.45, 2.75) is 12.5 Å². The van der Waals surface area contributed by atoms with E-state index >= 15 is 0 Å². The van der Waals surface area contributed by atoms with Crippen molar-refractivity contribution in [2.75, 3.05) is 10.6 Å². The largest absolute Gasteiger partial charge is 0.373 e. The summed E-state index contributed by atoms with van der Waals surface area (Å²) in [7, 11) is 0. The van der Waals surface area contributed by atoms with Crippen LogP contribution in [-0.4, -0.2) is 16.9 Å². The van der Waals surface area contributed by atoms with Crippen molar-refractivity contribution in [1.82, 2.24) is 4.98 Å². The molecule has 2 N–H and O–H groups in total. The Kier molecular flexibility index (Phi) is 3.09. The molecule has 1 aliphatic heterocycles. The minimum Gasteiger partial charge on any atom is -0.373 e. The van der Waals surface area contributed by atoms with E-state index in [1.54, 1.807) is 18.3 Å². The van der Waals surface area contributed by atoms with Gasteiger partial charge >= 0.3 is 0 Å². The number of nitrogens with zero attached hydrogens (tertiary/aromatic N) is 1. The van der Waals surface area contributed by atoms with Crippen LogP contribution in [0.4, 0.5) is 11.5 Å². The average molecular weight is 274 g/mol. The number of para-hydroxylation sites is 1. The van der Waals surface area contributed by atoms with Gasteiger partial charge in [0.15, 0.2) is 5.82 Å². The number of halogens is 1. The van der Waals surface area contributed by atoms with Crippen LogP contribution in [0.25, 0.3) is 0 Å². The Hall–Kier alpha value is -2.07. The number of benzene rings is 1. The first kappa shape index (κ1) is 12.0. The Labute approximate surface area is 115 Å². The zero-order valence-corrected chi connectivity index (χ0v) is 10.8. The fourth-order valence-corrected chi connectivity index (χ4v) is 2.31. The van der Waals surface area contributed by atoms with Gasteiger partial charge in [0.25, 0.3) is 0 Å². The van der Waals surface area contributed by atoms with E-state index in [4.69, 9.17) is 11.6 Å². The van der Waals surface area contributed by atoms with Gasteiger partial charge in [0, 0.05) is 18.3 Å². The van der Waals surface area contributed by atoms with Gasteiger partial charge in [-0.05, 0) is 23.8 Å². The van der Waals surface area contributed by atoms with E-state index in [9.17, 15) is 4.79 Å². The number of hydrogen-bond acceptors (Lipinski definition) is 3. The molecule has 5 heteroatoms. The van der Waals surface area contributed by atoms with E-state index in [0.717, 1.165) is 11.3 Å². The Morgan fingerprint density at radius 1 is 1.32 bits per heavy atom. The summed E-state index contributed by atoms with van der Waals surface area (Å²) in [6.07, 6.45) is 2.27. The SMILES string of the molecule is O=C(Nc1ncccc1Cl)C1Cc2ccccc2N1. The average Bonchev–Trinajstić information content (AvgIpc) is 2.85. The van der Waals surface area contributed by atoms with Crippen LogP contribution in [0.5, 0.6) is 0 Å². The van der Waals surface area contributed by atoms with Crippen LogP contribution in [-0.2, 0) is 11.2 Å². The smallest absolute Gasteiger partial charge is 0.248 e. The molecule has 19 heavy (non-hydrogen) atoms. The number of carbonyl (C=O) groups is 1. The fraction of sp³-hybridized carbons (Fsp3) is 0.143. The first-order valence-corrected chi connectivity index (χ1v) is 6.37. The summed E-state index contributed by atoms with van der Waals surface area (Å²) < 4.78 is 0. The molecular formula is C14H12ClN3O. The van der Waals surface area contributed by atoms with Gasteiger partial charge in [0.1, 0.15) is 6.04 Å². The number of amides is 1. The molecule has 2 heterocycles. The number of pyridine rings is 1. The number of hydrogen-bond donors (Lipinski definition) is 2. The predicted octanol–water partition coefficient (Wildman–Crippen LogP) is 2.71. The predicted molar refractivity (Wildman–Crippen MR) is 75.4 cm³/mol. The van der Waals surface area contributed by atoms with Crippen LogP contribution in [0, 0.1) is 0 Å². The molecule has 0 saturated carbocycles. The molecule has 0 radical (unpaired) electrons. The third-order valence-corrected chi connectivity index (χ3v) is 3.39. The molecule has 0 aliphatic carbocycles. The number of carbonyl (C=O) groups excluding carboxylic acids is 1. The van der Waals surface area contributed by atoms with E-state index in [-0.39, 0.29) is 11.9 Å². The zero-order valence-electron chi connectivity index (χ0n) is 10.1. The lowest BCUT2D eigenvalue weighted by Crippen LogP contribution is -2.33. The summed E-state index contributed by atoms with van der Waals surface area (Å²) in [5.74, 6) is 0.267. The Morgan fingerprint density at radius 2 is 2.16 bits per heavy atom. The van der Waals surface area contributed by atoms with Crippen molar-refractivity contribution in [3.63, 3.8) is 0 Å². The van der Waals surface area contributed by atoms with Gasteiger partial charge in [-0.3, -0.25) is 4.79 Å². The van der Waals surface area contributed by atoms with Crippen molar-refractivity contribution in [3.8, 4) is 0 Å². The number of anilines is 2. The van der Waals surface area contributed by atoms with Crippen molar-refractivity contribution in [1.29, 1.82) is 0 Å².